The largest absolute Gasteiger partial charge is 0.870 e. The smallest absolute Gasteiger partial charge is 0.265 e. The van der Waals surface area contributed by atoms with Crippen LogP contribution in [0, 0.1) is 0 Å². The van der Waals surface area contributed by atoms with E-state index in [1.54, 1.807) is 0 Å². The molecule has 0 spiro atoms. The van der Waals surface area contributed by atoms with E-state index in [4.69, 9.17) is 4.55 Å². The molecule has 6 heteroatoms. The van der Waals surface area contributed by atoms with E-state index in [0.717, 1.165) is 10.9 Å². The standard InChI is InChI=1S/C12H13NO3S.H2O/c14-17(15,16)10-4-9-13-8-3-6-11-5-1-2-7-12(11)13;/h1-3,5-8H,4,9-10H2;1H2. The molecule has 0 bridgehead atoms. The van der Waals surface area contributed by atoms with Gasteiger partial charge in [0.05, 0.1) is 5.75 Å². The van der Waals surface area contributed by atoms with Crippen LogP contribution >= 0.6 is 0 Å². The number of benzene rings is 1. The predicted molar refractivity (Wildman–Crippen MR) is 67.1 cm³/mol. The summed E-state index contributed by atoms with van der Waals surface area (Å²) in [6.45, 7) is 0.571. The SMILES string of the molecule is O=S(=O)(O)CCC[n+]1cccc2ccccc21.[OH-]. The van der Waals surface area contributed by atoms with E-state index in [1.807, 2.05) is 47.2 Å². The summed E-state index contributed by atoms with van der Waals surface area (Å²) in [4.78, 5) is 0. The van der Waals surface area contributed by atoms with Crippen LogP contribution in [0.15, 0.2) is 42.6 Å². The summed E-state index contributed by atoms with van der Waals surface area (Å²) in [6.07, 6.45) is 2.31. The van der Waals surface area contributed by atoms with Gasteiger partial charge >= 0.3 is 0 Å². The van der Waals surface area contributed by atoms with Gasteiger partial charge in [0.25, 0.3) is 10.1 Å². The number of hydrogen-bond donors (Lipinski definition) is 1. The molecule has 0 aliphatic carbocycles. The van der Waals surface area contributed by atoms with Gasteiger partial charge in [-0.1, -0.05) is 12.1 Å². The van der Waals surface area contributed by atoms with Crippen molar-refractivity contribution in [1.82, 2.24) is 0 Å². The summed E-state index contributed by atoms with van der Waals surface area (Å²) in [5.41, 5.74) is 1.06. The van der Waals surface area contributed by atoms with Gasteiger partial charge in [0.15, 0.2) is 6.20 Å². The fraction of sp³-hybridized carbons (Fsp3) is 0.250. The molecule has 2 N–H and O–H groups in total. The van der Waals surface area contributed by atoms with Crippen molar-refractivity contribution in [1.29, 1.82) is 0 Å². The molecule has 5 nitrogen and oxygen atoms in total. The lowest BCUT2D eigenvalue weighted by atomic mass is 10.2. The number of rotatable bonds is 4. The second-order valence-electron chi connectivity index (χ2n) is 3.90. The molecule has 98 valence electrons. The lowest BCUT2D eigenvalue weighted by molar-refractivity contribution is -0.671. The van der Waals surface area contributed by atoms with Crippen molar-refractivity contribution in [3.8, 4) is 0 Å². The van der Waals surface area contributed by atoms with Gasteiger partial charge in [-0.15, -0.1) is 0 Å². The average Bonchev–Trinajstić information content (AvgIpc) is 2.28. The Morgan fingerprint density at radius 1 is 1.11 bits per heavy atom. The molecule has 0 saturated carbocycles. The minimum absolute atomic E-state index is 0. The summed E-state index contributed by atoms with van der Waals surface area (Å²) in [7, 11) is -3.86. The fourth-order valence-electron chi connectivity index (χ4n) is 1.83. The van der Waals surface area contributed by atoms with E-state index >= 15 is 0 Å². The van der Waals surface area contributed by atoms with Gasteiger partial charge in [-0.25, -0.2) is 0 Å². The maximum atomic E-state index is 10.6. The molecule has 0 aliphatic heterocycles. The van der Waals surface area contributed by atoms with Gasteiger partial charge in [-0.05, 0) is 12.1 Å². The molecule has 1 aromatic carbocycles. The predicted octanol–water partition coefficient (Wildman–Crippen LogP) is 1.23. The van der Waals surface area contributed by atoms with Crippen LogP contribution in [-0.4, -0.2) is 24.2 Å². The molecule has 0 unspecified atom stereocenters. The Bertz CT molecular complexity index is 620. The number of fused-ring (bicyclic) bond motifs is 1. The molecule has 1 aromatic heterocycles. The van der Waals surface area contributed by atoms with Gasteiger partial charge in [-0.3, -0.25) is 4.55 Å². The van der Waals surface area contributed by atoms with Crippen LogP contribution in [0.25, 0.3) is 10.9 Å². The highest BCUT2D eigenvalue weighted by molar-refractivity contribution is 7.85. The lowest BCUT2D eigenvalue weighted by Gasteiger charge is -2.00. The van der Waals surface area contributed by atoms with E-state index < -0.39 is 10.1 Å². The molecule has 18 heavy (non-hydrogen) atoms. The minimum Gasteiger partial charge on any atom is -0.870 e. The highest BCUT2D eigenvalue weighted by atomic mass is 32.2. The number of para-hydroxylation sites is 1. The Morgan fingerprint density at radius 2 is 1.78 bits per heavy atom. The Balaban J connectivity index is 0.00000162. The van der Waals surface area contributed by atoms with Crippen LogP contribution in [-0.2, 0) is 16.7 Å². The Hall–Kier alpha value is -1.50. The number of pyridine rings is 1. The van der Waals surface area contributed by atoms with E-state index in [0.29, 0.717) is 13.0 Å². The van der Waals surface area contributed by atoms with Crippen LogP contribution in [0.1, 0.15) is 6.42 Å². The lowest BCUT2D eigenvalue weighted by Crippen LogP contribution is -2.34. The van der Waals surface area contributed by atoms with Crippen molar-refractivity contribution in [2.45, 2.75) is 13.0 Å². The summed E-state index contributed by atoms with van der Waals surface area (Å²) < 4.78 is 31.9. The normalized spacial score (nSPS) is 11.2. The van der Waals surface area contributed by atoms with Gasteiger partial charge in [0.2, 0.25) is 5.52 Å². The number of hydrogen-bond acceptors (Lipinski definition) is 3. The molecule has 2 rings (SSSR count). The second kappa shape index (κ2) is 5.90. The molecule has 2 aromatic rings. The maximum absolute atomic E-state index is 10.6. The van der Waals surface area contributed by atoms with Gasteiger partial charge in [0.1, 0.15) is 6.54 Å². The summed E-state index contributed by atoms with van der Waals surface area (Å²) >= 11 is 0. The van der Waals surface area contributed by atoms with Gasteiger partial charge in [0, 0.05) is 23.9 Å². The van der Waals surface area contributed by atoms with Crippen LogP contribution in [0.5, 0.6) is 0 Å². The van der Waals surface area contributed by atoms with Crippen LogP contribution < -0.4 is 4.57 Å². The van der Waals surface area contributed by atoms with Crippen molar-refractivity contribution in [2.24, 2.45) is 0 Å². The van der Waals surface area contributed by atoms with Crippen molar-refractivity contribution in [3.63, 3.8) is 0 Å². The molecule has 0 atom stereocenters. The van der Waals surface area contributed by atoms with E-state index in [-0.39, 0.29) is 11.2 Å². The first kappa shape index (κ1) is 14.6. The highest BCUT2D eigenvalue weighted by Gasteiger charge is 2.10. The van der Waals surface area contributed by atoms with Crippen LogP contribution in [0.4, 0.5) is 0 Å². The Labute approximate surface area is 106 Å². The van der Waals surface area contributed by atoms with E-state index in [9.17, 15) is 8.42 Å². The zero-order chi connectivity index (χ0) is 12.3. The summed E-state index contributed by atoms with van der Waals surface area (Å²) in [5, 5.41) is 1.11. The minimum atomic E-state index is -3.86. The van der Waals surface area contributed by atoms with E-state index in [2.05, 4.69) is 0 Å². The van der Waals surface area contributed by atoms with Crippen molar-refractivity contribution in [2.75, 3.05) is 5.75 Å². The zero-order valence-electron chi connectivity index (χ0n) is 9.73. The van der Waals surface area contributed by atoms with Gasteiger partial charge in [-0.2, -0.15) is 13.0 Å². The van der Waals surface area contributed by atoms with Crippen LogP contribution in [0.3, 0.4) is 0 Å². The maximum Gasteiger partial charge on any atom is 0.265 e. The van der Waals surface area contributed by atoms with E-state index in [1.165, 1.54) is 0 Å². The number of aryl methyl sites for hydroxylation is 1. The first-order chi connectivity index (χ1) is 8.06. The average molecular weight is 269 g/mol. The molecule has 0 fully saturated rings. The number of aromatic nitrogens is 1. The molecule has 0 amide bonds. The van der Waals surface area contributed by atoms with Crippen LogP contribution in [0.2, 0.25) is 0 Å². The molecule has 1 heterocycles. The zero-order valence-corrected chi connectivity index (χ0v) is 10.5. The third kappa shape index (κ3) is 3.76. The fourth-order valence-corrected chi connectivity index (χ4v) is 2.33. The third-order valence-corrected chi connectivity index (χ3v) is 3.39. The Morgan fingerprint density at radius 3 is 2.50 bits per heavy atom. The molecular weight excluding hydrogens is 254 g/mol. The molecule has 0 aliphatic rings. The summed E-state index contributed by atoms with van der Waals surface area (Å²) in [6, 6.07) is 11.8. The first-order valence-corrected chi connectivity index (χ1v) is 6.99. The highest BCUT2D eigenvalue weighted by Crippen LogP contribution is 2.07. The molecular formula is C12H15NO4S. The Kier molecular flexibility index (Phi) is 4.77. The van der Waals surface area contributed by atoms with Crippen molar-refractivity contribution in [3.05, 3.63) is 42.6 Å². The number of nitrogens with zero attached hydrogens (tertiary/aromatic N) is 1. The monoisotopic (exact) mass is 269 g/mol. The second-order valence-corrected chi connectivity index (χ2v) is 5.47. The van der Waals surface area contributed by atoms with Crippen molar-refractivity contribution >= 4 is 21.0 Å². The first-order valence-electron chi connectivity index (χ1n) is 5.39. The quantitative estimate of drug-likeness (QED) is 0.668. The van der Waals surface area contributed by atoms with Gasteiger partial charge < -0.3 is 5.48 Å². The third-order valence-electron chi connectivity index (χ3n) is 2.59. The topological polar surface area (TPSA) is 88.2 Å². The summed E-state index contributed by atoms with van der Waals surface area (Å²) in [5.74, 6) is -0.205. The molecule has 0 saturated heterocycles. The van der Waals surface area contributed by atoms with Crippen molar-refractivity contribution < 1.29 is 23.0 Å². The molecule has 0 radical (unpaired) electrons.